The molecule has 6 nitrogen and oxygen atoms in total. The minimum Gasteiger partial charge on any atom is -0.345 e. The summed E-state index contributed by atoms with van der Waals surface area (Å²) in [4.78, 5) is 14.8. The number of ketones is 1. The standard InChI is InChI=1S/C21H26FN3O3S/c1-15-12-20(16(2)25(15)18-6-7-18)21(26)14-23-8-10-24(11-9-23)29(27,28)19-5-3-4-17(22)13-19/h3-5,12-13,18H,6-11,14H2,1-2H3. The molecule has 2 aliphatic rings. The molecule has 0 atom stereocenters. The number of hydrogen-bond donors (Lipinski definition) is 0. The van der Waals surface area contributed by atoms with E-state index in [1.807, 2.05) is 24.8 Å². The molecule has 2 heterocycles. The Morgan fingerprint density at radius 1 is 1.10 bits per heavy atom. The topological polar surface area (TPSA) is 62.6 Å². The highest BCUT2D eigenvalue weighted by molar-refractivity contribution is 7.89. The molecule has 4 rings (SSSR count). The van der Waals surface area contributed by atoms with E-state index >= 15 is 0 Å². The van der Waals surface area contributed by atoms with Crippen LogP contribution in [0.4, 0.5) is 4.39 Å². The van der Waals surface area contributed by atoms with E-state index < -0.39 is 15.8 Å². The average Bonchev–Trinajstić information content (AvgIpc) is 3.47. The van der Waals surface area contributed by atoms with Gasteiger partial charge in [-0.2, -0.15) is 4.31 Å². The van der Waals surface area contributed by atoms with Crippen LogP contribution in [-0.2, 0) is 10.0 Å². The fraction of sp³-hybridized carbons (Fsp3) is 0.476. The Balaban J connectivity index is 1.39. The van der Waals surface area contributed by atoms with Crippen molar-refractivity contribution in [2.45, 2.75) is 37.6 Å². The number of benzene rings is 1. The summed E-state index contributed by atoms with van der Waals surface area (Å²) in [5.41, 5.74) is 2.92. The maximum atomic E-state index is 13.4. The number of aryl methyl sites for hydroxylation is 1. The Labute approximate surface area is 171 Å². The smallest absolute Gasteiger partial charge is 0.243 e. The Hall–Kier alpha value is -2.03. The zero-order chi connectivity index (χ0) is 20.8. The lowest BCUT2D eigenvalue weighted by Gasteiger charge is -2.33. The van der Waals surface area contributed by atoms with Crippen LogP contribution in [0.3, 0.4) is 0 Å². The van der Waals surface area contributed by atoms with Gasteiger partial charge >= 0.3 is 0 Å². The molecule has 0 bridgehead atoms. The quantitative estimate of drug-likeness (QED) is 0.676. The summed E-state index contributed by atoms with van der Waals surface area (Å²) in [7, 11) is -3.72. The molecule has 29 heavy (non-hydrogen) atoms. The number of Topliss-reactive ketones (excluding diaryl/α,β-unsaturated/α-hetero) is 1. The molecule has 0 spiro atoms. The van der Waals surface area contributed by atoms with Crippen LogP contribution in [0.25, 0.3) is 0 Å². The highest BCUT2D eigenvalue weighted by Crippen LogP contribution is 2.38. The average molecular weight is 420 g/mol. The molecule has 1 saturated carbocycles. The number of carbonyl (C=O) groups excluding carboxylic acids is 1. The molecule has 2 aromatic rings. The van der Waals surface area contributed by atoms with Gasteiger partial charge in [-0.3, -0.25) is 9.69 Å². The molecule has 0 radical (unpaired) electrons. The third-order valence-electron chi connectivity index (χ3n) is 5.83. The van der Waals surface area contributed by atoms with Crippen molar-refractivity contribution in [2.75, 3.05) is 32.7 Å². The number of rotatable bonds is 6. The van der Waals surface area contributed by atoms with Gasteiger partial charge in [0.2, 0.25) is 10.0 Å². The van der Waals surface area contributed by atoms with Crippen molar-refractivity contribution in [3.8, 4) is 0 Å². The first-order valence-electron chi connectivity index (χ1n) is 9.97. The SMILES string of the molecule is Cc1cc(C(=O)CN2CCN(S(=O)(=O)c3cccc(F)c3)CC2)c(C)n1C1CC1. The van der Waals surface area contributed by atoms with Crippen molar-refractivity contribution in [2.24, 2.45) is 0 Å². The first-order chi connectivity index (χ1) is 13.8. The van der Waals surface area contributed by atoms with Crippen molar-refractivity contribution >= 4 is 15.8 Å². The van der Waals surface area contributed by atoms with E-state index in [1.54, 1.807) is 0 Å². The van der Waals surface area contributed by atoms with Crippen LogP contribution in [0.2, 0.25) is 0 Å². The number of sulfonamides is 1. The number of aromatic nitrogens is 1. The molecule has 0 N–H and O–H groups in total. The van der Waals surface area contributed by atoms with Crippen molar-refractivity contribution < 1.29 is 17.6 Å². The first-order valence-corrected chi connectivity index (χ1v) is 11.4. The zero-order valence-corrected chi connectivity index (χ0v) is 17.6. The molecule has 1 aromatic heterocycles. The van der Waals surface area contributed by atoms with Gasteiger partial charge < -0.3 is 4.57 Å². The van der Waals surface area contributed by atoms with Gasteiger partial charge in [0.25, 0.3) is 0 Å². The monoisotopic (exact) mass is 419 g/mol. The Morgan fingerprint density at radius 2 is 1.79 bits per heavy atom. The highest BCUT2D eigenvalue weighted by atomic mass is 32.2. The molecular formula is C21H26FN3O3S. The summed E-state index contributed by atoms with van der Waals surface area (Å²) in [5, 5.41) is 0. The molecule has 8 heteroatoms. The van der Waals surface area contributed by atoms with Crippen LogP contribution in [0.5, 0.6) is 0 Å². The van der Waals surface area contributed by atoms with Crippen LogP contribution in [0.15, 0.2) is 35.2 Å². The molecule has 1 aliphatic heterocycles. The first kappa shape index (κ1) is 20.3. The molecular weight excluding hydrogens is 393 g/mol. The number of nitrogens with zero attached hydrogens (tertiary/aromatic N) is 3. The number of halogens is 1. The normalized spacial score (nSPS) is 18.9. The molecule has 1 aliphatic carbocycles. The lowest BCUT2D eigenvalue weighted by atomic mass is 10.1. The zero-order valence-electron chi connectivity index (χ0n) is 16.8. The van der Waals surface area contributed by atoms with Gasteiger partial charge in [0.1, 0.15) is 5.82 Å². The number of carbonyl (C=O) groups is 1. The van der Waals surface area contributed by atoms with Gasteiger partial charge in [-0.05, 0) is 51.0 Å². The van der Waals surface area contributed by atoms with Crippen molar-refractivity contribution in [3.05, 3.63) is 53.1 Å². The van der Waals surface area contributed by atoms with Crippen molar-refractivity contribution in [3.63, 3.8) is 0 Å². The van der Waals surface area contributed by atoms with Gasteiger partial charge in [-0.15, -0.1) is 0 Å². The second kappa shape index (κ2) is 7.66. The van der Waals surface area contributed by atoms with E-state index in [-0.39, 0.29) is 30.3 Å². The number of hydrogen-bond acceptors (Lipinski definition) is 4. The minimum absolute atomic E-state index is 0.0328. The summed E-state index contributed by atoms with van der Waals surface area (Å²) in [6, 6.07) is 7.58. The van der Waals surface area contributed by atoms with E-state index in [0.717, 1.165) is 23.0 Å². The van der Waals surface area contributed by atoms with E-state index in [0.29, 0.717) is 19.1 Å². The molecule has 0 unspecified atom stereocenters. The molecule has 156 valence electrons. The molecule has 1 aromatic carbocycles. The van der Waals surface area contributed by atoms with E-state index in [4.69, 9.17) is 0 Å². The summed E-state index contributed by atoms with van der Waals surface area (Å²) >= 11 is 0. The fourth-order valence-electron chi connectivity index (χ4n) is 4.15. The summed E-state index contributed by atoms with van der Waals surface area (Å²) in [6.07, 6.45) is 2.34. The van der Waals surface area contributed by atoms with E-state index in [1.165, 1.54) is 35.3 Å². The van der Waals surface area contributed by atoms with Crippen LogP contribution < -0.4 is 0 Å². The molecule has 1 saturated heterocycles. The highest BCUT2D eigenvalue weighted by Gasteiger charge is 2.31. The maximum absolute atomic E-state index is 13.4. The van der Waals surface area contributed by atoms with E-state index in [9.17, 15) is 17.6 Å². The van der Waals surface area contributed by atoms with Gasteiger partial charge in [0, 0.05) is 49.2 Å². The van der Waals surface area contributed by atoms with Crippen LogP contribution in [0.1, 0.15) is 40.6 Å². The lowest BCUT2D eigenvalue weighted by Crippen LogP contribution is -2.49. The predicted molar refractivity (Wildman–Crippen MR) is 108 cm³/mol. The van der Waals surface area contributed by atoms with Gasteiger partial charge in [-0.1, -0.05) is 6.07 Å². The summed E-state index contributed by atoms with van der Waals surface area (Å²) in [6.45, 7) is 5.84. The van der Waals surface area contributed by atoms with Crippen molar-refractivity contribution in [1.82, 2.24) is 13.8 Å². The van der Waals surface area contributed by atoms with Gasteiger partial charge in [0.15, 0.2) is 5.78 Å². The van der Waals surface area contributed by atoms with Crippen molar-refractivity contribution in [1.29, 1.82) is 0 Å². The third-order valence-corrected chi connectivity index (χ3v) is 7.72. The van der Waals surface area contributed by atoms with E-state index in [2.05, 4.69) is 4.57 Å². The lowest BCUT2D eigenvalue weighted by molar-refractivity contribution is 0.0901. The Kier molecular flexibility index (Phi) is 5.35. The van der Waals surface area contributed by atoms with Gasteiger partial charge in [0.05, 0.1) is 11.4 Å². The molecule has 0 amide bonds. The van der Waals surface area contributed by atoms with Crippen LogP contribution >= 0.6 is 0 Å². The summed E-state index contributed by atoms with van der Waals surface area (Å²) in [5.74, 6) is -0.495. The second-order valence-electron chi connectivity index (χ2n) is 7.95. The molecule has 2 fully saturated rings. The maximum Gasteiger partial charge on any atom is 0.243 e. The van der Waals surface area contributed by atoms with Crippen LogP contribution in [0, 0.1) is 19.7 Å². The summed E-state index contributed by atoms with van der Waals surface area (Å²) < 4.78 is 42.5. The number of piperazine rings is 1. The Morgan fingerprint density at radius 3 is 2.41 bits per heavy atom. The second-order valence-corrected chi connectivity index (χ2v) is 9.88. The fourth-order valence-corrected chi connectivity index (χ4v) is 5.60. The van der Waals surface area contributed by atoms with Crippen LogP contribution in [-0.4, -0.2) is 60.7 Å². The predicted octanol–water partition coefficient (Wildman–Crippen LogP) is 2.77. The van der Waals surface area contributed by atoms with Gasteiger partial charge in [-0.25, -0.2) is 12.8 Å². The third kappa shape index (κ3) is 4.01. The Bertz CT molecular complexity index is 1040. The minimum atomic E-state index is -3.72. The largest absolute Gasteiger partial charge is 0.345 e.